The van der Waals surface area contributed by atoms with Crippen molar-refractivity contribution in [3.8, 4) is 0 Å². The van der Waals surface area contributed by atoms with Gasteiger partial charge in [0.2, 0.25) is 0 Å². The minimum absolute atomic E-state index is 0.162. The van der Waals surface area contributed by atoms with Crippen LogP contribution in [0.4, 0.5) is 0 Å². The Morgan fingerprint density at radius 3 is 3.00 bits per heavy atom. The minimum Gasteiger partial charge on any atom is -0.465 e. The fourth-order valence-corrected chi connectivity index (χ4v) is 2.51. The van der Waals surface area contributed by atoms with Crippen LogP contribution in [0.1, 0.15) is 13.8 Å². The fraction of sp³-hybridized carbons (Fsp3) is 0.455. The zero-order chi connectivity index (χ0) is 13.8. The van der Waals surface area contributed by atoms with Crippen LogP contribution in [0.3, 0.4) is 0 Å². The molecule has 19 heavy (non-hydrogen) atoms. The Kier molecular flexibility index (Phi) is 4.20. The fourth-order valence-electron chi connectivity index (χ4n) is 1.65. The Bertz CT molecular complexity index is 649. The summed E-state index contributed by atoms with van der Waals surface area (Å²) < 4.78 is 6.65. The monoisotopic (exact) mass is 282 g/mol. The molecule has 0 fully saturated rings. The van der Waals surface area contributed by atoms with Gasteiger partial charge in [-0.15, -0.1) is 0 Å². The number of esters is 1. The lowest BCUT2D eigenvalue weighted by molar-refractivity contribution is -0.139. The largest absolute Gasteiger partial charge is 0.465 e. The van der Waals surface area contributed by atoms with Gasteiger partial charge in [-0.25, -0.2) is 9.97 Å². The van der Waals surface area contributed by atoms with Gasteiger partial charge in [-0.2, -0.15) is 0 Å². The van der Waals surface area contributed by atoms with Crippen molar-refractivity contribution in [2.45, 2.75) is 25.5 Å². The normalized spacial score (nSPS) is 10.8. The Labute approximate surface area is 113 Å². The van der Waals surface area contributed by atoms with Gasteiger partial charge < -0.3 is 14.3 Å². The van der Waals surface area contributed by atoms with E-state index < -0.39 is 0 Å². The maximum atomic E-state index is 11.6. The molecule has 0 unspecified atom stereocenters. The van der Waals surface area contributed by atoms with Crippen LogP contribution in [0, 0.1) is 0 Å². The van der Waals surface area contributed by atoms with Gasteiger partial charge in [-0.3, -0.25) is 9.59 Å². The molecule has 0 saturated heterocycles. The number of aromatic nitrogens is 4. The zero-order valence-corrected chi connectivity index (χ0v) is 11.5. The predicted molar refractivity (Wildman–Crippen MR) is 71.2 cm³/mol. The second kappa shape index (κ2) is 5.87. The second-order valence-corrected chi connectivity index (χ2v) is 4.58. The Morgan fingerprint density at radius 2 is 2.32 bits per heavy atom. The number of carbonyl (C=O) groups excluding carboxylic acids is 1. The molecular formula is C11H14N4O3S. The molecule has 0 spiro atoms. The molecule has 1 N–H and O–H groups in total. The van der Waals surface area contributed by atoms with Gasteiger partial charge in [0.15, 0.2) is 16.3 Å². The molecule has 0 amide bonds. The van der Waals surface area contributed by atoms with Gasteiger partial charge in [0.25, 0.3) is 5.56 Å². The predicted octanol–water partition coefficient (Wildman–Crippen LogP) is 0.795. The summed E-state index contributed by atoms with van der Waals surface area (Å²) in [6.07, 6.45) is 1.35. The molecule has 7 nitrogen and oxygen atoms in total. The molecular weight excluding hydrogens is 268 g/mol. The van der Waals surface area contributed by atoms with Gasteiger partial charge in [0.1, 0.15) is 0 Å². The number of nitrogens with zero attached hydrogens (tertiary/aromatic N) is 3. The minimum atomic E-state index is -0.302. The lowest BCUT2D eigenvalue weighted by Gasteiger charge is -2.04. The lowest BCUT2D eigenvalue weighted by Crippen LogP contribution is -2.08. The third kappa shape index (κ3) is 2.78. The van der Waals surface area contributed by atoms with Crippen LogP contribution in [0.25, 0.3) is 11.2 Å². The van der Waals surface area contributed by atoms with E-state index in [0.29, 0.717) is 24.0 Å². The molecule has 0 saturated carbocycles. The summed E-state index contributed by atoms with van der Waals surface area (Å²) in [7, 11) is 0. The van der Waals surface area contributed by atoms with Gasteiger partial charge >= 0.3 is 5.97 Å². The highest BCUT2D eigenvalue weighted by Gasteiger charge is 2.15. The van der Waals surface area contributed by atoms with Crippen LogP contribution in [0.2, 0.25) is 0 Å². The van der Waals surface area contributed by atoms with Gasteiger partial charge in [0.05, 0.1) is 18.7 Å². The number of nitrogens with one attached hydrogen (secondary N) is 1. The standard InChI is InChI=1S/C11H14N4O3S/c1-3-15-9-8(10(17)13-6-12-9)14-11(15)19-5-7(16)18-4-2/h6H,3-5H2,1-2H3,(H,12,13,17). The first kappa shape index (κ1) is 13.6. The Balaban J connectivity index is 2.30. The summed E-state index contributed by atoms with van der Waals surface area (Å²) in [5.41, 5.74) is 0.531. The summed E-state index contributed by atoms with van der Waals surface area (Å²) in [6.45, 7) is 4.66. The highest BCUT2D eigenvalue weighted by molar-refractivity contribution is 7.99. The number of hydrogen-bond donors (Lipinski definition) is 1. The van der Waals surface area contributed by atoms with Crippen molar-refractivity contribution in [3.63, 3.8) is 0 Å². The molecule has 0 aliphatic heterocycles. The number of hydrogen-bond acceptors (Lipinski definition) is 6. The number of ether oxygens (including phenoxy) is 1. The molecule has 2 aromatic rings. The molecule has 2 aromatic heterocycles. The zero-order valence-electron chi connectivity index (χ0n) is 10.7. The SMILES string of the molecule is CCOC(=O)CSc1nc2c(=O)[nH]cnc2n1CC. The van der Waals surface area contributed by atoms with Crippen LogP contribution in [-0.2, 0) is 16.1 Å². The van der Waals surface area contributed by atoms with Crippen molar-refractivity contribution >= 4 is 28.9 Å². The third-order valence-corrected chi connectivity index (χ3v) is 3.39. The smallest absolute Gasteiger partial charge is 0.316 e. The van der Waals surface area contributed by atoms with Crippen LogP contribution in [-0.4, -0.2) is 37.8 Å². The number of rotatable bonds is 5. The average Bonchev–Trinajstić information content (AvgIpc) is 2.76. The highest BCUT2D eigenvalue weighted by atomic mass is 32.2. The van der Waals surface area contributed by atoms with Gasteiger partial charge in [-0.1, -0.05) is 11.8 Å². The second-order valence-electron chi connectivity index (χ2n) is 3.64. The van der Waals surface area contributed by atoms with Crippen molar-refractivity contribution in [2.24, 2.45) is 0 Å². The van der Waals surface area contributed by atoms with Gasteiger partial charge in [0, 0.05) is 6.54 Å². The molecule has 0 bridgehead atoms. The van der Waals surface area contributed by atoms with Crippen LogP contribution >= 0.6 is 11.8 Å². The summed E-state index contributed by atoms with van der Waals surface area (Å²) in [5.74, 6) is -0.140. The lowest BCUT2D eigenvalue weighted by atomic mass is 10.5. The molecule has 102 valence electrons. The van der Waals surface area contributed by atoms with Crippen molar-refractivity contribution in [3.05, 3.63) is 16.7 Å². The molecule has 0 aliphatic rings. The van der Waals surface area contributed by atoms with Crippen molar-refractivity contribution in [2.75, 3.05) is 12.4 Å². The number of H-pyrrole nitrogens is 1. The molecule has 2 heterocycles. The Hall–Kier alpha value is -1.83. The van der Waals surface area contributed by atoms with Crippen molar-refractivity contribution in [1.82, 2.24) is 19.5 Å². The number of aromatic amines is 1. The summed E-state index contributed by atoms with van der Waals surface area (Å²) in [5, 5.41) is 0.592. The molecule has 8 heteroatoms. The number of imidazole rings is 1. The van der Waals surface area contributed by atoms with Crippen LogP contribution in [0.15, 0.2) is 16.3 Å². The molecule has 0 atom stereocenters. The topological polar surface area (TPSA) is 89.9 Å². The Morgan fingerprint density at radius 1 is 1.53 bits per heavy atom. The first-order chi connectivity index (χ1) is 9.17. The van der Waals surface area contributed by atoms with Crippen LogP contribution < -0.4 is 5.56 Å². The van der Waals surface area contributed by atoms with Crippen LogP contribution in [0.5, 0.6) is 0 Å². The van der Waals surface area contributed by atoms with E-state index in [4.69, 9.17) is 4.74 Å². The number of fused-ring (bicyclic) bond motifs is 1. The number of aryl methyl sites for hydroxylation is 1. The molecule has 0 aliphatic carbocycles. The van der Waals surface area contributed by atoms with E-state index in [0.717, 1.165) is 0 Å². The summed E-state index contributed by atoms with van der Waals surface area (Å²) in [4.78, 5) is 33.8. The van der Waals surface area contributed by atoms with E-state index in [2.05, 4.69) is 15.0 Å². The highest BCUT2D eigenvalue weighted by Crippen LogP contribution is 2.20. The first-order valence-electron chi connectivity index (χ1n) is 5.89. The van der Waals surface area contributed by atoms with E-state index in [-0.39, 0.29) is 22.8 Å². The maximum Gasteiger partial charge on any atom is 0.316 e. The van der Waals surface area contributed by atoms with E-state index in [1.54, 1.807) is 11.5 Å². The maximum absolute atomic E-state index is 11.6. The first-order valence-corrected chi connectivity index (χ1v) is 6.88. The van der Waals surface area contributed by atoms with Crippen molar-refractivity contribution in [1.29, 1.82) is 0 Å². The van der Waals surface area contributed by atoms with Gasteiger partial charge in [-0.05, 0) is 13.8 Å². The van der Waals surface area contributed by atoms with E-state index >= 15 is 0 Å². The average molecular weight is 282 g/mol. The van der Waals surface area contributed by atoms with E-state index in [9.17, 15) is 9.59 Å². The van der Waals surface area contributed by atoms with E-state index in [1.807, 2.05) is 6.92 Å². The summed E-state index contributed by atoms with van der Waals surface area (Å²) >= 11 is 1.24. The third-order valence-electron chi connectivity index (χ3n) is 2.44. The molecule has 0 radical (unpaired) electrons. The number of carbonyl (C=O) groups is 1. The molecule has 0 aromatic carbocycles. The van der Waals surface area contributed by atoms with E-state index in [1.165, 1.54) is 18.1 Å². The molecule has 2 rings (SSSR count). The number of thioether (sulfide) groups is 1. The summed E-state index contributed by atoms with van der Waals surface area (Å²) in [6, 6.07) is 0. The van der Waals surface area contributed by atoms with Crippen molar-refractivity contribution < 1.29 is 9.53 Å². The quantitative estimate of drug-likeness (QED) is 0.644.